The average Bonchev–Trinajstić information content (AvgIpc) is 3.02. The van der Waals surface area contributed by atoms with Crippen molar-refractivity contribution in [3.05, 3.63) is 65.9 Å². The number of aromatic nitrogens is 2. The average molecular weight is 293 g/mol. The van der Waals surface area contributed by atoms with Crippen LogP contribution >= 0.6 is 0 Å². The molecule has 1 aromatic heterocycles. The van der Waals surface area contributed by atoms with Crippen LogP contribution in [0.15, 0.2) is 54.7 Å². The standard InChI is InChI=1S/C18H19N3O/c1-13-11-16(12-14(2)18(13)22)20(3)17-9-10-21(19-17)15-7-5-4-6-8-15/h4-12,22H,1-3H3. The molecule has 4 nitrogen and oxygen atoms in total. The highest BCUT2D eigenvalue weighted by Crippen LogP contribution is 2.30. The van der Waals surface area contributed by atoms with Gasteiger partial charge in [0.05, 0.1) is 5.69 Å². The molecule has 3 rings (SSSR count). The molecule has 22 heavy (non-hydrogen) atoms. The molecular formula is C18H19N3O. The molecule has 4 heteroatoms. The molecule has 112 valence electrons. The summed E-state index contributed by atoms with van der Waals surface area (Å²) >= 11 is 0. The molecule has 0 saturated heterocycles. The fourth-order valence-corrected chi connectivity index (χ4v) is 2.48. The van der Waals surface area contributed by atoms with Crippen LogP contribution in [0.3, 0.4) is 0 Å². The smallest absolute Gasteiger partial charge is 0.155 e. The molecule has 1 N–H and O–H groups in total. The van der Waals surface area contributed by atoms with Crippen molar-refractivity contribution in [1.82, 2.24) is 9.78 Å². The van der Waals surface area contributed by atoms with Gasteiger partial charge in [0.1, 0.15) is 5.75 Å². The van der Waals surface area contributed by atoms with Gasteiger partial charge in [-0.2, -0.15) is 0 Å². The normalized spacial score (nSPS) is 10.7. The molecule has 3 aromatic rings. The first kappa shape index (κ1) is 14.2. The van der Waals surface area contributed by atoms with Crippen molar-refractivity contribution in [3.8, 4) is 11.4 Å². The summed E-state index contributed by atoms with van der Waals surface area (Å²) in [5.41, 5.74) is 3.76. The van der Waals surface area contributed by atoms with Gasteiger partial charge in [-0.15, -0.1) is 5.10 Å². The van der Waals surface area contributed by atoms with E-state index < -0.39 is 0 Å². The van der Waals surface area contributed by atoms with Crippen LogP contribution in [0.5, 0.6) is 5.75 Å². The third kappa shape index (κ3) is 2.55. The Balaban J connectivity index is 1.93. The Morgan fingerprint density at radius 1 is 1.00 bits per heavy atom. The lowest BCUT2D eigenvalue weighted by Crippen LogP contribution is -2.11. The molecule has 0 unspecified atom stereocenters. The number of hydrogen-bond donors (Lipinski definition) is 1. The number of rotatable bonds is 3. The highest BCUT2D eigenvalue weighted by molar-refractivity contribution is 5.63. The van der Waals surface area contributed by atoms with Gasteiger partial charge in [-0.25, -0.2) is 4.68 Å². The zero-order valence-corrected chi connectivity index (χ0v) is 13.0. The molecule has 0 saturated carbocycles. The van der Waals surface area contributed by atoms with E-state index >= 15 is 0 Å². The number of anilines is 2. The van der Waals surface area contributed by atoms with Gasteiger partial charge in [-0.1, -0.05) is 18.2 Å². The highest BCUT2D eigenvalue weighted by atomic mass is 16.3. The zero-order chi connectivity index (χ0) is 15.7. The predicted molar refractivity (Wildman–Crippen MR) is 89.2 cm³/mol. The Labute approximate surface area is 130 Å². The molecule has 0 fully saturated rings. The lowest BCUT2D eigenvalue weighted by Gasteiger charge is -2.18. The van der Waals surface area contributed by atoms with Gasteiger partial charge in [-0.05, 0) is 49.2 Å². The number of aryl methyl sites for hydroxylation is 2. The number of para-hydroxylation sites is 1. The number of nitrogens with zero attached hydrogens (tertiary/aromatic N) is 3. The van der Waals surface area contributed by atoms with E-state index in [9.17, 15) is 5.11 Å². The van der Waals surface area contributed by atoms with Gasteiger partial charge in [0.25, 0.3) is 0 Å². The molecule has 0 aliphatic rings. The first-order chi connectivity index (χ1) is 10.6. The van der Waals surface area contributed by atoms with E-state index in [4.69, 9.17) is 0 Å². The minimum Gasteiger partial charge on any atom is -0.507 e. The Morgan fingerprint density at radius 3 is 2.27 bits per heavy atom. The number of phenols is 1. The van der Waals surface area contributed by atoms with Crippen LogP contribution in [0.1, 0.15) is 11.1 Å². The van der Waals surface area contributed by atoms with E-state index in [0.29, 0.717) is 5.75 Å². The van der Waals surface area contributed by atoms with E-state index in [2.05, 4.69) is 5.10 Å². The molecule has 2 aromatic carbocycles. The van der Waals surface area contributed by atoms with Crippen LogP contribution in [0.25, 0.3) is 5.69 Å². The minimum atomic E-state index is 0.354. The predicted octanol–water partition coefficient (Wildman–Crippen LogP) is 3.96. The lowest BCUT2D eigenvalue weighted by atomic mass is 10.1. The molecule has 1 heterocycles. The largest absolute Gasteiger partial charge is 0.507 e. The summed E-state index contributed by atoms with van der Waals surface area (Å²) in [6.07, 6.45) is 1.95. The number of aromatic hydroxyl groups is 1. The molecule has 0 aliphatic carbocycles. The third-order valence-electron chi connectivity index (χ3n) is 3.80. The van der Waals surface area contributed by atoms with Crippen LogP contribution in [-0.2, 0) is 0 Å². The van der Waals surface area contributed by atoms with Crippen molar-refractivity contribution >= 4 is 11.5 Å². The maximum absolute atomic E-state index is 9.90. The molecular weight excluding hydrogens is 274 g/mol. The Hall–Kier alpha value is -2.75. The molecule has 0 spiro atoms. The van der Waals surface area contributed by atoms with Crippen LogP contribution < -0.4 is 4.90 Å². The van der Waals surface area contributed by atoms with E-state index in [-0.39, 0.29) is 0 Å². The monoisotopic (exact) mass is 293 g/mol. The summed E-state index contributed by atoms with van der Waals surface area (Å²) < 4.78 is 1.85. The number of hydrogen-bond acceptors (Lipinski definition) is 3. The van der Waals surface area contributed by atoms with E-state index in [0.717, 1.165) is 28.3 Å². The maximum Gasteiger partial charge on any atom is 0.155 e. The van der Waals surface area contributed by atoms with Crippen LogP contribution in [-0.4, -0.2) is 21.9 Å². The maximum atomic E-state index is 9.90. The SMILES string of the molecule is Cc1cc(N(C)c2ccn(-c3ccccc3)n2)cc(C)c1O. The summed E-state index contributed by atoms with van der Waals surface area (Å²) in [6.45, 7) is 3.81. The van der Waals surface area contributed by atoms with E-state index in [1.54, 1.807) is 0 Å². The summed E-state index contributed by atoms with van der Waals surface area (Å²) in [7, 11) is 1.98. The molecule has 0 amide bonds. The first-order valence-electron chi connectivity index (χ1n) is 7.21. The molecule has 0 radical (unpaired) electrons. The fraction of sp³-hybridized carbons (Fsp3) is 0.167. The topological polar surface area (TPSA) is 41.3 Å². The van der Waals surface area contributed by atoms with E-state index in [1.807, 2.05) is 85.2 Å². The summed E-state index contributed by atoms with van der Waals surface area (Å²) in [4.78, 5) is 2.01. The van der Waals surface area contributed by atoms with Crippen LogP contribution in [0.4, 0.5) is 11.5 Å². The molecule has 0 atom stereocenters. The first-order valence-corrected chi connectivity index (χ1v) is 7.21. The van der Waals surface area contributed by atoms with Crippen molar-refractivity contribution in [1.29, 1.82) is 0 Å². The molecule has 0 aliphatic heterocycles. The highest BCUT2D eigenvalue weighted by Gasteiger charge is 2.11. The van der Waals surface area contributed by atoms with Gasteiger partial charge in [0.15, 0.2) is 5.82 Å². The minimum absolute atomic E-state index is 0.354. The Kier molecular flexibility index (Phi) is 3.59. The van der Waals surface area contributed by atoms with Gasteiger partial charge in [-0.3, -0.25) is 0 Å². The van der Waals surface area contributed by atoms with Gasteiger partial charge < -0.3 is 10.0 Å². The van der Waals surface area contributed by atoms with Crippen LogP contribution in [0.2, 0.25) is 0 Å². The quantitative estimate of drug-likeness (QED) is 0.794. The van der Waals surface area contributed by atoms with Gasteiger partial charge >= 0.3 is 0 Å². The van der Waals surface area contributed by atoms with Crippen molar-refractivity contribution in [3.63, 3.8) is 0 Å². The van der Waals surface area contributed by atoms with Crippen molar-refractivity contribution in [2.24, 2.45) is 0 Å². The fourth-order valence-electron chi connectivity index (χ4n) is 2.48. The van der Waals surface area contributed by atoms with Gasteiger partial charge in [0, 0.05) is 25.0 Å². The number of phenolic OH excluding ortho intramolecular Hbond substituents is 1. The lowest BCUT2D eigenvalue weighted by molar-refractivity contribution is 0.467. The second kappa shape index (κ2) is 5.56. The van der Waals surface area contributed by atoms with Crippen molar-refractivity contribution in [2.45, 2.75) is 13.8 Å². The summed E-state index contributed by atoms with van der Waals surface area (Å²) in [5, 5.41) is 14.5. The van der Waals surface area contributed by atoms with Crippen molar-refractivity contribution in [2.75, 3.05) is 11.9 Å². The van der Waals surface area contributed by atoms with Crippen molar-refractivity contribution < 1.29 is 5.11 Å². The van der Waals surface area contributed by atoms with E-state index in [1.165, 1.54) is 0 Å². The Morgan fingerprint density at radius 2 is 1.64 bits per heavy atom. The Bertz CT molecular complexity index is 770. The second-order valence-corrected chi connectivity index (χ2v) is 5.44. The zero-order valence-electron chi connectivity index (χ0n) is 13.0. The summed E-state index contributed by atoms with van der Waals surface area (Å²) in [6, 6.07) is 15.9. The van der Waals surface area contributed by atoms with Gasteiger partial charge in [0.2, 0.25) is 0 Å². The summed E-state index contributed by atoms with van der Waals surface area (Å²) in [5.74, 6) is 1.21. The molecule has 0 bridgehead atoms. The second-order valence-electron chi connectivity index (χ2n) is 5.44. The van der Waals surface area contributed by atoms with Crippen LogP contribution in [0, 0.1) is 13.8 Å². The third-order valence-corrected chi connectivity index (χ3v) is 3.80. The number of benzene rings is 2.